The SMILES string of the molecule is CCOc1ccc(CNC(=O)Cn2c3cc(OC)c(OC)cc3c3nc(=O)cc(C)n32)cc1. The van der Waals surface area contributed by atoms with Crippen molar-refractivity contribution >= 4 is 22.5 Å². The molecule has 2 aromatic heterocycles. The number of rotatable bonds is 8. The van der Waals surface area contributed by atoms with Gasteiger partial charge in [-0.15, -0.1) is 0 Å². The highest BCUT2D eigenvalue weighted by molar-refractivity contribution is 5.96. The van der Waals surface area contributed by atoms with E-state index in [1.165, 1.54) is 6.07 Å². The Kier molecular flexibility index (Phi) is 6.21. The fourth-order valence-corrected chi connectivity index (χ4v) is 3.86. The lowest BCUT2D eigenvalue weighted by molar-refractivity contribution is -0.122. The largest absolute Gasteiger partial charge is 0.494 e. The van der Waals surface area contributed by atoms with Crippen LogP contribution >= 0.6 is 0 Å². The average Bonchev–Trinajstić information content (AvgIpc) is 3.10. The number of aryl methyl sites for hydroxylation is 1. The summed E-state index contributed by atoms with van der Waals surface area (Å²) >= 11 is 0. The monoisotopic (exact) mass is 450 g/mol. The lowest BCUT2D eigenvalue weighted by Crippen LogP contribution is -2.29. The number of hydrogen-bond donors (Lipinski definition) is 1. The first-order valence-electron chi connectivity index (χ1n) is 10.6. The molecule has 0 saturated heterocycles. The number of fused-ring (bicyclic) bond motifs is 3. The lowest BCUT2D eigenvalue weighted by Gasteiger charge is -2.12. The van der Waals surface area contributed by atoms with Crippen molar-refractivity contribution in [2.24, 2.45) is 0 Å². The van der Waals surface area contributed by atoms with Crippen molar-refractivity contribution in [3.63, 3.8) is 0 Å². The molecule has 0 atom stereocenters. The number of methoxy groups -OCH3 is 2. The second-order valence-corrected chi connectivity index (χ2v) is 7.51. The lowest BCUT2D eigenvalue weighted by atomic mass is 10.2. The molecule has 172 valence electrons. The summed E-state index contributed by atoms with van der Waals surface area (Å²) < 4.78 is 19.9. The van der Waals surface area contributed by atoms with Crippen molar-refractivity contribution in [3.8, 4) is 17.2 Å². The molecule has 1 amide bonds. The predicted octanol–water partition coefficient (Wildman–Crippen LogP) is 2.69. The zero-order valence-electron chi connectivity index (χ0n) is 19.0. The van der Waals surface area contributed by atoms with Gasteiger partial charge in [-0.1, -0.05) is 12.1 Å². The molecule has 2 aromatic carbocycles. The molecule has 2 heterocycles. The van der Waals surface area contributed by atoms with Gasteiger partial charge >= 0.3 is 0 Å². The number of ether oxygens (including phenoxy) is 3. The number of carbonyl (C=O) groups excluding carboxylic acids is 1. The molecule has 0 spiro atoms. The van der Waals surface area contributed by atoms with Crippen molar-refractivity contribution < 1.29 is 19.0 Å². The number of nitrogens with zero attached hydrogens (tertiary/aromatic N) is 3. The molecule has 1 N–H and O–H groups in total. The molecule has 0 aliphatic heterocycles. The Hall–Kier alpha value is -4.01. The highest BCUT2D eigenvalue weighted by Crippen LogP contribution is 2.34. The number of amides is 1. The summed E-state index contributed by atoms with van der Waals surface area (Å²) in [5.41, 5.74) is 2.43. The average molecular weight is 450 g/mol. The van der Waals surface area contributed by atoms with Crippen LogP contribution in [0, 0.1) is 6.92 Å². The third-order valence-corrected chi connectivity index (χ3v) is 5.36. The molecular formula is C24H26N4O5. The summed E-state index contributed by atoms with van der Waals surface area (Å²) in [5.74, 6) is 1.64. The van der Waals surface area contributed by atoms with Gasteiger partial charge in [0.2, 0.25) is 5.91 Å². The molecule has 4 rings (SSSR count). The van der Waals surface area contributed by atoms with E-state index >= 15 is 0 Å². The van der Waals surface area contributed by atoms with Gasteiger partial charge in [0.25, 0.3) is 5.56 Å². The van der Waals surface area contributed by atoms with Crippen molar-refractivity contribution in [2.75, 3.05) is 20.8 Å². The minimum absolute atomic E-state index is 0.0257. The quantitative estimate of drug-likeness (QED) is 0.443. The number of nitrogens with one attached hydrogen (secondary N) is 1. The van der Waals surface area contributed by atoms with Crippen LogP contribution < -0.4 is 25.1 Å². The Morgan fingerprint density at radius 3 is 2.42 bits per heavy atom. The molecule has 9 nitrogen and oxygen atoms in total. The molecule has 0 fully saturated rings. The van der Waals surface area contributed by atoms with E-state index in [4.69, 9.17) is 14.2 Å². The van der Waals surface area contributed by atoms with E-state index in [2.05, 4.69) is 10.3 Å². The third kappa shape index (κ3) is 4.34. The van der Waals surface area contributed by atoms with Gasteiger partial charge in [0.1, 0.15) is 12.3 Å². The molecule has 0 aliphatic rings. The van der Waals surface area contributed by atoms with Gasteiger partial charge in [0.15, 0.2) is 17.1 Å². The van der Waals surface area contributed by atoms with E-state index in [1.54, 1.807) is 42.5 Å². The van der Waals surface area contributed by atoms with Crippen molar-refractivity contribution in [3.05, 3.63) is 64.1 Å². The third-order valence-electron chi connectivity index (χ3n) is 5.36. The van der Waals surface area contributed by atoms with E-state index in [9.17, 15) is 9.59 Å². The second kappa shape index (κ2) is 9.23. The predicted molar refractivity (Wildman–Crippen MR) is 124 cm³/mol. The van der Waals surface area contributed by atoms with Crippen LogP contribution in [-0.2, 0) is 17.9 Å². The molecule has 0 saturated carbocycles. The summed E-state index contributed by atoms with van der Waals surface area (Å²) in [4.78, 5) is 29.2. The Labute approximate surface area is 190 Å². The molecule has 4 aromatic rings. The summed E-state index contributed by atoms with van der Waals surface area (Å²) in [5, 5.41) is 3.64. The number of carbonyl (C=O) groups is 1. The van der Waals surface area contributed by atoms with Crippen molar-refractivity contribution in [1.82, 2.24) is 19.5 Å². The number of hydrogen-bond acceptors (Lipinski definition) is 6. The second-order valence-electron chi connectivity index (χ2n) is 7.51. The van der Waals surface area contributed by atoms with Gasteiger partial charge in [-0.3, -0.25) is 14.3 Å². The van der Waals surface area contributed by atoms with Crippen LogP contribution in [0.25, 0.3) is 16.6 Å². The zero-order chi connectivity index (χ0) is 23.5. The molecule has 33 heavy (non-hydrogen) atoms. The van der Waals surface area contributed by atoms with Gasteiger partial charge < -0.3 is 19.5 Å². The molecular weight excluding hydrogens is 424 g/mol. The minimum atomic E-state index is -0.346. The summed E-state index contributed by atoms with van der Waals surface area (Å²) in [6.07, 6.45) is 0. The standard InChI is InChI=1S/C24H26N4O5/c1-5-33-17-8-6-16(7-9-17)13-25-23(30)14-27-19-12-21(32-4)20(31-3)11-18(19)24-26-22(29)10-15(2)28(24)27/h6-12H,5,13-14H2,1-4H3,(H,25,30). The molecule has 0 radical (unpaired) electrons. The minimum Gasteiger partial charge on any atom is -0.494 e. The van der Waals surface area contributed by atoms with Gasteiger partial charge in [0, 0.05) is 29.8 Å². The maximum atomic E-state index is 12.9. The van der Waals surface area contributed by atoms with E-state index in [1.807, 2.05) is 31.2 Å². The Balaban J connectivity index is 1.68. The Bertz CT molecular complexity index is 1370. The fraction of sp³-hybridized carbons (Fsp3) is 0.292. The highest BCUT2D eigenvalue weighted by atomic mass is 16.5. The van der Waals surface area contributed by atoms with Crippen LogP contribution in [0.3, 0.4) is 0 Å². The van der Waals surface area contributed by atoms with Gasteiger partial charge in [0.05, 0.1) is 26.3 Å². The Morgan fingerprint density at radius 2 is 1.76 bits per heavy atom. The van der Waals surface area contributed by atoms with Crippen LogP contribution in [0.1, 0.15) is 18.2 Å². The molecule has 9 heteroatoms. The highest BCUT2D eigenvalue weighted by Gasteiger charge is 2.19. The van der Waals surface area contributed by atoms with E-state index in [0.717, 1.165) is 11.3 Å². The van der Waals surface area contributed by atoms with E-state index < -0.39 is 0 Å². The zero-order valence-corrected chi connectivity index (χ0v) is 19.0. The maximum Gasteiger partial charge on any atom is 0.273 e. The Morgan fingerprint density at radius 1 is 1.06 bits per heavy atom. The van der Waals surface area contributed by atoms with Crippen LogP contribution in [0.2, 0.25) is 0 Å². The van der Waals surface area contributed by atoms with Crippen LogP contribution in [-0.4, -0.2) is 40.9 Å². The number of benzene rings is 2. The van der Waals surface area contributed by atoms with Gasteiger partial charge in [-0.05, 0) is 37.6 Å². The first-order chi connectivity index (χ1) is 15.9. The summed E-state index contributed by atoms with van der Waals surface area (Å²) in [6, 6.07) is 12.6. The van der Waals surface area contributed by atoms with E-state index in [-0.39, 0.29) is 18.0 Å². The molecule has 0 bridgehead atoms. The van der Waals surface area contributed by atoms with Crippen molar-refractivity contribution in [2.45, 2.75) is 26.9 Å². The smallest absolute Gasteiger partial charge is 0.273 e. The van der Waals surface area contributed by atoms with Gasteiger partial charge in [-0.25, -0.2) is 4.52 Å². The van der Waals surface area contributed by atoms with Crippen LogP contribution in [0.5, 0.6) is 17.2 Å². The molecule has 0 aliphatic carbocycles. The normalized spacial score (nSPS) is 11.0. The first-order valence-corrected chi connectivity index (χ1v) is 10.6. The van der Waals surface area contributed by atoms with E-state index in [0.29, 0.717) is 46.9 Å². The topological polar surface area (TPSA) is 96.1 Å². The van der Waals surface area contributed by atoms with Crippen LogP contribution in [0.15, 0.2) is 47.3 Å². The maximum absolute atomic E-state index is 12.9. The van der Waals surface area contributed by atoms with Gasteiger partial charge in [-0.2, -0.15) is 4.98 Å². The van der Waals surface area contributed by atoms with Crippen LogP contribution in [0.4, 0.5) is 0 Å². The fourth-order valence-electron chi connectivity index (χ4n) is 3.86. The first kappa shape index (κ1) is 22.2. The number of aromatic nitrogens is 3. The summed E-state index contributed by atoms with van der Waals surface area (Å²) in [7, 11) is 3.09. The molecule has 0 unspecified atom stereocenters. The summed E-state index contributed by atoms with van der Waals surface area (Å²) in [6.45, 7) is 4.74. The van der Waals surface area contributed by atoms with Crippen molar-refractivity contribution in [1.29, 1.82) is 0 Å².